The summed E-state index contributed by atoms with van der Waals surface area (Å²) in [6.45, 7) is 3.70. The Morgan fingerprint density at radius 1 is 1.17 bits per heavy atom. The van der Waals surface area contributed by atoms with E-state index in [0.717, 1.165) is 36.8 Å². The first kappa shape index (κ1) is 21.8. The molecular weight excluding hydrogens is 383 g/mol. The summed E-state index contributed by atoms with van der Waals surface area (Å²) in [5, 5.41) is 3.06. The summed E-state index contributed by atoms with van der Waals surface area (Å²) in [7, 11) is 0. The van der Waals surface area contributed by atoms with Gasteiger partial charge in [0.25, 0.3) is 5.91 Å². The molecule has 1 N–H and O–H groups in total. The summed E-state index contributed by atoms with van der Waals surface area (Å²) >= 11 is 0. The van der Waals surface area contributed by atoms with Crippen LogP contribution in [0.25, 0.3) is 0 Å². The van der Waals surface area contributed by atoms with Crippen molar-refractivity contribution in [3.05, 3.63) is 65.5 Å². The molecule has 30 heavy (non-hydrogen) atoms. The first-order valence-electron chi connectivity index (χ1n) is 10.5. The summed E-state index contributed by atoms with van der Waals surface area (Å²) < 4.78 is 18.9. The topological polar surface area (TPSA) is 58.6 Å². The summed E-state index contributed by atoms with van der Waals surface area (Å²) in [5.41, 5.74) is 1.79. The van der Waals surface area contributed by atoms with Gasteiger partial charge in [0.1, 0.15) is 17.6 Å². The fourth-order valence-electron chi connectivity index (χ4n) is 3.69. The molecule has 1 saturated carbocycles. The minimum absolute atomic E-state index is 0.172. The number of nitrogens with one attached hydrogen (secondary N) is 1. The van der Waals surface area contributed by atoms with Gasteiger partial charge in [0, 0.05) is 12.6 Å². The van der Waals surface area contributed by atoms with E-state index in [1.165, 1.54) is 17.0 Å². The molecule has 1 aliphatic rings. The molecule has 1 atom stereocenters. The van der Waals surface area contributed by atoms with Gasteiger partial charge in [-0.05, 0) is 62.1 Å². The second-order valence-electron chi connectivity index (χ2n) is 7.92. The fraction of sp³-hybridized carbons (Fsp3) is 0.417. The van der Waals surface area contributed by atoms with Crippen molar-refractivity contribution in [3.8, 4) is 5.75 Å². The van der Waals surface area contributed by atoms with Crippen LogP contribution in [-0.4, -0.2) is 35.4 Å². The second-order valence-corrected chi connectivity index (χ2v) is 7.92. The number of amides is 2. The number of carbonyl (C=O) groups is 2. The quantitative estimate of drug-likeness (QED) is 0.713. The van der Waals surface area contributed by atoms with E-state index in [9.17, 15) is 14.0 Å². The highest BCUT2D eigenvalue weighted by Gasteiger charge is 2.28. The number of aryl methyl sites for hydroxylation is 1. The number of rotatable bonds is 8. The minimum atomic E-state index is -0.663. The Labute approximate surface area is 177 Å². The summed E-state index contributed by atoms with van der Waals surface area (Å²) in [6, 6.07) is 12.9. The van der Waals surface area contributed by atoms with Crippen LogP contribution in [0.2, 0.25) is 0 Å². The summed E-state index contributed by atoms with van der Waals surface area (Å²) in [5.74, 6) is -0.206. The molecule has 0 aliphatic heterocycles. The Kier molecular flexibility index (Phi) is 7.44. The third-order valence-corrected chi connectivity index (χ3v) is 5.49. The highest BCUT2D eigenvalue weighted by atomic mass is 19.1. The third-order valence-electron chi connectivity index (χ3n) is 5.49. The standard InChI is InChI=1S/C24H29FN2O3/c1-17-6-5-9-22(14-17)30-16-23(28)27(15-19-10-12-20(25)13-11-19)18(2)24(29)26-21-7-3-4-8-21/h5-6,9-14,18,21H,3-4,7-8,15-16H2,1-2H3,(H,26,29)/t18-/m1/s1. The molecular formula is C24H29FN2O3. The van der Waals surface area contributed by atoms with E-state index in [0.29, 0.717) is 5.75 Å². The zero-order valence-corrected chi connectivity index (χ0v) is 17.6. The van der Waals surface area contributed by atoms with Gasteiger partial charge >= 0.3 is 0 Å². The highest BCUT2D eigenvalue weighted by molar-refractivity contribution is 5.88. The number of benzene rings is 2. The molecule has 2 amide bonds. The van der Waals surface area contributed by atoms with Crippen LogP contribution in [0, 0.1) is 12.7 Å². The lowest BCUT2D eigenvalue weighted by molar-refractivity contribution is -0.142. The molecule has 0 unspecified atom stereocenters. The lowest BCUT2D eigenvalue weighted by Gasteiger charge is -2.29. The predicted octanol–water partition coefficient (Wildman–Crippen LogP) is 3.99. The van der Waals surface area contributed by atoms with Crippen LogP contribution >= 0.6 is 0 Å². The van der Waals surface area contributed by atoms with Crippen molar-refractivity contribution >= 4 is 11.8 Å². The van der Waals surface area contributed by atoms with Crippen molar-refractivity contribution in [2.45, 2.75) is 58.2 Å². The van der Waals surface area contributed by atoms with E-state index in [4.69, 9.17) is 4.74 Å². The van der Waals surface area contributed by atoms with E-state index in [-0.39, 0.29) is 36.8 Å². The first-order valence-corrected chi connectivity index (χ1v) is 10.5. The summed E-state index contributed by atoms with van der Waals surface area (Å²) in [6.07, 6.45) is 4.17. The Balaban J connectivity index is 1.70. The molecule has 6 heteroatoms. The minimum Gasteiger partial charge on any atom is -0.484 e. The zero-order valence-electron chi connectivity index (χ0n) is 17.6. The Hall–Kier alpha value is -2.89. The number of carbonyl (C=O) groups excluding carboxylic acids is 2. The van der Waals surface area contributed by atoms with Gasteiger partial charge in [-0.3, -0.25) is 9.59 Å². The molecule has 2 aromatic carbocycles. The van der Waals surface area contributed by atoms with Crippen molar-refractivity contribution in [1.82, 2.24) is 10.2 Å². The van der Waals surface area contributed by atoms with Crippen LogP contribution in [0.15, 0.2) is 48.5 Å². The average Bonchev–Trinajstić information content (AvgIpc) is 3.24. The van der Waals surface area contributed by atoms with Crippen molar-refractivity contribution in [2.75, 3.05) is 6.61 Å². The van der Waals surface area contributed by atoms with Gasteiger partial charge in [0.05, 0.1) is 0 Å². The van der Waals surface area contributed by atoms with Crippen LogP contribution in [-0.2, 0) is 16.1 Å². The maximum atomic E-state index is 13.3. The molecule has 0 heterocycles. The van der Waals surface area contributed by atoms with Crippen LogP contribution in [0.3, 0.4) is 0 Å². The molecule has 0 bridgehead atoms. The molecule has 2 aromatic rings. The van der Waals surface area contributed by atoms with Crippen molar-refractivity contribution in [1.29, 1.82) is 0 Å². The smallest absolute Gasteiger partial charge is 0.261 e. The first-order chi connectivity index (χ1) is 14.4. The van der Waals surface area contributed by atoms with Gasteiger partial charge in [-0.15, -0.1) is 0 Å². The van der Waals surface area contributed by atoms with Crippen LogP contribution in [0.4, 0.5) is 4.39 Å². The van der Waals surface area contributed by atoms with Crippen molar-refractivity contribution in [2.24, 2.45) is 0 Å². The number of halogens is 1. The highest BCUT2D eigenvalue weighted by Crippen LogP contribution is 2.19. The molecule has 3 rings (SSSR count). The largest absolute Gasteiger partial charge is 0.484 e. The molecule has 1 aliphatic carbocycles. The van der Waals surface area contributed by atoms with Crippen LogP contribution in [0.5, 0.6) is 5.75 Å². The molecule has 0 spiro atoms. The fourth-order valence-corrected chi connectivity index (χ4v) is 3.69. The lowest BCUT2D eigenvalue weighted by Crippen LogP contribution is -2.50. The number of ether oxygens (including phenoxy) is 1. The van der Waals surface area contributed by atoms with Gasteiger partial charge < -0.3 is 15.0 Å². The molecule has 0 aromatic heterocycles. The maximum absolute atomic E-state index is 13.3. The van der Waals surface area contributed by atoms with Crippen LogP contribution in [0.1, 0.15) is 43.7 Å². The van der Waals surface area contributed by atoms with Gasteiger partial charge in [-0.2, -0.15) is 0 Å². The van der Waals surface area contributed by atoms with E-state index in [1.54, 1.807) is 25.1 Å². The van der Waals surface area contributed by atoms with Crippen LogP contribution < -0.4 is 10.1 Å². The summed E-state index contributed by atoms with van der Waals surface area (Å²) in [4.78, 5) is 27.3. The molecule has 1 fully saturated rings. The predicted molar refractivity (Wildman–Crippen MR) is 113 cm³/mol. The Morgan fingerprint density at radius 2 is 1.87 bits per heavy atom. The molecule has 5 nitrogen and oxygen atoms in total. The second kappa shape index (κ2) is 10.2. The van der Waals surface area contributed by atoms with E-state index in [2.05, 4.69) is 5.32 Å². The zero-order chi connectivity index (χ0) is 21.5. The van der Waals surface area contributed by atoms with Crippen molar-refractivity contribution in [3.63, 3.8) is 0 Å². The van der Waals surface area contributed by atoms with E-state index >= 15 is 0 Å². The molecule has 0 saturated heterocycles. The maximum Gasteiger partial charge on any atom is 0.261 e. The average molecular weight is 413 g/mol. The normalized spacial score (nSPS) is 14.9. The molecule has 0 radical (unpaired) electrons. The number of nitrogens with zero attached hydrogens (tertiary/aromatic N) is 1. The Bertz CT molecular complexity index is 863. The monoisotopic (exact) mass is 412 g/mol. The van der Waals surface area contributed by atoms with Gasteiger partial charge in [-0.25, -0.2) is 4.39 Å². The lowest BCUT2D eigenvalue weighted by atomic mass is 10.1. The number of hydrogen-bond acceptors (Lipinski definition) is 3. The van der Waals surface area contributed by atoms with Gasteiger partial charge in [0.15, 0.2) is 6.61 Å². The molecule has 160 valence electrons. The van der Waals surface area contributed by atoms with E-state index < -0.39 is 6.04 Å². The van der Waals surface area contributed by atoms with Gasteiger partial charge in [-0.1, -0.05) is 37.1 Å². The third kappa shape index (κ3) is 6.05. The van der Waals surface area contributed by atoms with Crippen molar-refractivity contribution < 1.29 is 18.7 Å². The van der Waals surface area contributed by atoms with Gasteiger partial charge in [0.2, 0.25) is 5.91 Å². The Morgan fingerprint density at radius 3 is 2.53 bits per heavy atom. The van der Waals surface area contributed by atoms with E-state index in [1.807, 2.05) is 25.1 Å². The SMILES string of the molecule is Cc1cccc(OCC(=O)N(Cc2ccc(F)cc2)[C@H](C)C(=O)NC2CCCC2)c1. The number of hydrogen-bond donors (Lipinski definition) is 1.